The minimum atomic E-state index is -3.73. The summed E-state index contributed by atoms with van der Waals surface area (Å²) in [7, 11) is -3.73. The zero-order chi connectivity index (χ0) is 24.1. The van der Waals surface area contributed by atoms with Crippen LogP contribution in [0.25, 0.3) is 0 Å². The van der Waals surface area contributed by atoms with Crippen LogP contribution in [-0.4, -0.2) is 43.9 Å². The lowest BCUT2D eigenvalue weighted by molar-refractivity contribution is -0.0440. The van der Waals surface area contributed by atoms with Crippen molar-refractivity contribution in [3.05, 3.63) is 90.0 Å². The number of morpholine rings is 1. The Morgan fingerprint density at radius 1 is 0.971 bits per heavy atom. The fourth-order valence-corrected chi connectivity index (χ4v) is 5.49. The highest BCUT2D eigenvalue weighted by Crippen LogP contribution is 2.23. The van der Waals surface area contributed by atoms with E-state index < -0.39 is 15.9 Å². The molecule has 0 spiro atoms. The second-order valence-corrected chi connectivity index (χ2v) is 10.3. The summed E-state index contributed by atoms with van der Waals surface area (Å²) in [6.07, 6.45) is -0.380. The number of carbonyl (C=O) groups excluding carboxylic acids is 1. The van der Waals surface area contributed by atoms with E-state index in [0.29, 0.717) is 18.0 Å². The summed E-state index contributed by atoms with van der Waals surface area (Å²) in [6.45, 7) is 4.71. The molecule has 0 aromatic heterocycles. The van der Waals surface area contributed by atoms with E-state index in [4.69, 9.17) is 9.47 Å². The summed E-state index contributed by atoms with van der Waals surface area (Å²) in [5.41, 5.74) is 1.91. The highest BCUT2D eigenvalue weighted by atomic mass is 32.2. The predicted octanol–water partition coefficient (Wildman–Crippen LogP) is 4.32. The van der Waals surface area contributed by atoms with Gasteiger partial charge in [0.05, 0.1) is 17.1 Å². The number of hydrogen-bond acceptors (Lipinski definition) is 5. The van der Waals surface area contributed by atoms with E-state index in [-0.39, 0.29) is 35.8 Å². The molecule has 1 saturated heterocycles. The Kier molecular flexibility index (Phi) is 7.31. The number of ether oxygens (including phenoxy) is 2. The van der Waals surface area contributed by atoms with Crippen molar-refractivity contribution in [1.29, 1.82) is 0 Å². The van der Waals surface area contributed by atoms with Gasteiger partial charge in [-0.1, -0.05) is 36.4 Å². The van der Waals surface area contributed by atoms with Crippen molar-refractivity contribution in [2.75, 3.05) is 18.4 Å². The molecule has 4 rings (SSSR count). The van der Waals surface area contributed by atoms with E-state index >= 15 is 0 Å². The van der Waals surface area contributed by atoms with E-state index in [1.165, 1.54) is 16.4 Å². The average molecular weight is 481 g/mol. The maximum absolute atomic E-state index is 13.1. The van der Waals surface area contributed by atoms with E-state index in [1.807, 2.05) is 44.2 Å². The molecule has 3 aromatic rings. The predicted molar refractivity (Wildman–Crippen MR) is 130 cm³/mol. The number of rotatable bonds is 7. The molecule has 1 heterocycles. The Morgan fingerprint density at radius 2 is 1.65 bits per heavy atom. The number of nitrogens with zero attached hydrogens (tertiary/aromatic N) is 1. The van der Waals surface area contributed by atoms with Crippen molar-refractivity contribution in [3.63, 3.8) is 0 Å². The van der Waals surface area contributed by atoms with Gasteiger partial charge in [-0.05, 0) is 61.9 Å². The number of sulfonamides is 1. The van der Waals surface area contributed by atoms with Gasteiger partial charge in [-0.3, -0.25) is 4.79 Å². The maximum atomic E-state index is 13.1. The first-order valence-electron chi connectivity index (χ1n) is 11.1. The Bertz CT molecular complexity index is 1220. The molecule has 1 aliphatic heterocycles. The number of anilines is 1. The van der Waals surface area contributed by atoms with Crippen molar-refractivity contribution in [1.82, 2.24) is 4.31 Å². The van der Waals surface area contributed by atoms with Gasteiger partial charge in [0.25, 0.3) is 5.91 Å². The summed E-state index contributed by atoms with van der Waals surface area (Å²) in [6, 6.07) is 23.0. The summed E-state index contributed by atoms with van der Waals surface area (Å²) in [5, 5.41) is 2.81. The highest BCUT2D eigenvalue weighted by molar-refractivity contribution is 7.89. The molecule has 1 amide bonds. The van der Waals surface area contributed by atoms with Crippen LogP contribution in [0.4, 0.5) is 5.69 Å². The number of nitrogens with one attached hydrogen (secondary N) is 1. The van der Waals surface area contributed by atoms with Crippen LogP contribution in [0.15, 0.2) is 83.8 Å². The quantitative estimate of drug-likeness (QED) is 0.545. The third-order valence-corrected chi connectivity index (χ3v) is 7.31. The second-order valence-electron chi connectivity index (χ2n) is 8.36. The van der Waals surface area contributed by atoms with Crippen LogP contribution < -0.4 is 10.1 Å². The van der Waals surface area contributed by atoms with Crippen molar-refractivity contribution in [3.8, 4) is 5.75 Å². The molecular weight excluding hydrogens is 452 g/mol. The van der Waals surface area contributed by atoms with Gasteiger partial charge in [0, 0.05) is 24.3 Å². The van der Waals surface area contributed by atoms with Crippen LogP contribution >= 0.6 is 0 Å². The molecule has 0 radical (unpaired) electrons. The van der Waals surface area contributed by atoms with Gasteiger partial charge < -0.3 is 14.8 Å². The highest BCUT2D eigenvalue weighted by Gasteiger charge is 2.32. The molecular formula is C26H28N2O5S. The SMILES string of the molecule is C[C@@H]1CN(S(=O)(=O)c2cccc(C(=O)Nc3ccc(OCc4ccccc4)cc3)c2)C[C@@H](C)O1. The van der Waals surface area contributed by atoms with Gasteiger partial charge in [-0.25, -0.2) is 8.42 Å². The zero-order valence-electron chi connectivity index (χ0n) is 19.2. The molecule has 0 saturated carbocycles. The summed E-state index contributed by atoms with van der Waals surface area (Å²) >= 11 is 0. The van der Waals surface area contributed by atoms with Gasteiger partial charge in [0.15, 0.2) is 0 Å². The van der Waals surface area contributed by atoms with E-state index in [2.05, 4.69) is 5.32 Å². The normalized spacial score (nSPS) is 18.9. The Morgan fingerprint density at radius 3 is 2.32 bits per heavy atom. The molecule has 34 heavy (non-hydrogen) atoms. The van der Waals surface area contributed by atoms with E-state index in [1.54, 1.807) is 36.4 Å². The van der Waals surface area contributed by atoms with Crippen molar-refractivity contribution in [2.24, 2.45) is 0 Å². The Labute approximate surface area is 200 Å². The lowest BCUT2D eigenvalue weighted by Crippen LogP contribution is -2.48. The molecule has 3 aromatic carbocycles. The first-order valence-corrected chi connectivity index (χ1v) is 12.6. The molecule has 1 fully saturated rings. The third-order valence-electron chi connectivity index (χ3n) is 5.48. The minimum absolute atomic E-state index is 0.0890. The van der Waals surface area contributed by atoms with Gasteiger partial charge >= 0.3 is 0 Å². The number of carbonyl (C=O) groups is 1. The molecule has 1 N–H and O–H groups in total. The minimum Gasteiger partial charge on any atom is -0.489 e. The monoisotopic (exact) mass is 480 g/mol. The van der Waals surface area contributed by atoms with Crippen LogP contribution in [0.3, 0.4) is 0 Å². The zero-order valence-corrected chi connectivity index (χ0v) is 20.0. The van der Waals surface area contributed by atoms with Crippen LogP contribution in [0.5, 0.6) is 5.75 Å². The second kappa shape index (κ2) is 10.4. The molecule has 2 atom stereocenters. The summed E-state index contributed by atoms with van der Waals surface area (Å²) in [5.74, 6) is 0.294. The Hall–Kier alpha value is -3.20. The van der Waals surface area contributed by atoms with Crippen LogP contribution in [-0.2, 0) is 21.4 Å². The fourth-order valence-electron chi connectivity index (χ4n) is 3.85. The Balaban J connectivity index is 1.41. The first kappa shape index (κ1) is 23.9. The largest absolute Gasteiger partial charge is 0.489 e. The molecule has 7 nitrogen and oxygen atoms in total. The standard InChI is InChI=1S/C26H28N2O5S/c1-19-16-28(17-20(2)33-19)34(30,31)25-10-6-9-22(15-25)26(29)27-23-11-13-24(14-12-23)32-18-21-7-4-3-5-8-21/h3-15,19-20H,16-18H2,1-2H3,(H,27,29)/t19-,20-/m1/s1. The van der Waals surface area contributed by atoms with Gasteiger partial charge in [0.1, 0.15) is 12.4 Å². The summed E-state index contributed by atoms with van der Waals surface area (Å²) < 4.78 is 39.1. The van der Waals surface area contributed by atoms with Gasteiger partial charge in [-0.2, -0.15) is 4.31 Å². The average Bonchev–Trinajstić information content (AvgIpc) is 2.84. The lowest BCUT2D eigenvalue weighted by Gasteiger charge is -2.34. The smallest absolute Gasteiger partial charge is 0.255 e. The molecule has 0 unspecified atom stereocenters. The van der Waals surface area contributed by atoms with Crippen LogP contribution in [0.2, 0.25) is 0 Å². The van der Waals surface area contributed by atoms with Crippen molar-refractivity contribution >= 4 is 21.6 Å². The first-order chi connectivity index (χ1) is 16.3. The molecule has 8 heteroatoms. The molecule has 0 bridgehead atoms. The number of hydrogen-bond donors (Lipinski definition) is 1. The van der Waals surface area contributed by atoms with Gasteiger partial charge in [-0.15, -0.1) is 0 Å². The molecule has 178 valence electrons. The van der Waals surface area contributed by atoms with Crippen molar-refractivity contribution < 1.29 is 22.7 Å². The lowest BCUT2D eigenvalue weighted by atomic mass is 10.2. The fraction of sp³-hybridized carbons (Fsp3) is 0.269. The van der Waals surface area contributed by atoms with Crippen LogP contribution in [0.1, 0.15) is 29.8 Å². The third kappa shape index (κ3) is 5.83. The molecule has 0 aliphatic carbocycles. The molecule has 1 aliphatic rings. The topological polar surface area (TPSA) is 84.9 Å². The van der Waals surface area contributed by atoms with E-state index in [0.717, 1.165) is 5.56 Å². The number of amides is 1. The summed E-state index contributed by atoms with van der Waals surface area (Å²) in [4.78, 5) is 12.9. The maximum Gasteiger partial charge on any atom is 0.255 e. The van der Waals surface area contributed by atoms with E-state index in [9.17, 15) is 13.2 Å². The van der Waals surface area contributed by atoms with Crippen molar-refractivity contribution in [2.45, 2.75) is 37.6 Å². The van der Waals surface area contributed by atoms with Crippen LogP contribution in [0, 0.1) is 0 Å². The number of benzene rings is 3. The van der Waals surface area contributed by atoms with Gasteiger partial charge in [0.2, 0.25) is 10.0 Å².